The van der Waals surface area contributed by atoms with E-state index in [1.807, 2.05) is 6.92 Å². The van der Waals surface area contributed by atoms with Crippen molar-refractivity contribution in [2.45, 2.75) is 25.8 Å². The van der Waals surface area contributed by atoms with Crippen LogP contribution in [0.2, 0.25) is 0 Å². The van der Waals surface area contributed by atoms with Crippen LogP contribution in [0.15, 0.2) is 12.1 Å². The van der Waals surface area contributed by atoms with Crippen molar-refractivity contribution >= 4 is 11.7 Å². The van der Waals surface area contributed by atoms with Gasteiger partial charge in [-0.25, -0.2) is 4.98 Å². The third kappa shape index (κ3) is 2.94. The van der Waals surface area contributed by atoms with Gasteiger partial charge in [-0.05, 0) is 37.8 Å². The van der Waals surface area contributed by atoms with Crippen LogP contribution in [0, 0.1) is 12.8 Å². The van der Waals surface area contributed by atoms with Crippen LogP contribution < -0.4 is 16.8 Å². The highest BCUT2D eigenvalue weighted by Crippen LogP contribution is 2.31. The molecule has 5 N–H and O–H groups in total. The first-order chi connectivity index (χ1) is 8.08. The summed E-state index contributed by atoms with van der Waals surface area (Å²) in [5.41, 5.74) is 12.5. The minimum Gasteiger partial charge on any atom is -0.368 e. The fraction of sp³-hybridized carbons (Fsp3) is 0.500. The van der Waals surface area contributed by atoms with Crippen molar-refractivity contribution in [3.63, 3.8) is 0 Å². The van der Waals surface area contributed by atoms with Gasteiger partial charge in [0.2, 0.25) is 0 Å². The molecule has 17 heavy (non-hydrogen) atoms. The van der Waals surface area contributed by atoms with E-state index in [1.54, 1.807) is 12.1 Å². The number of anilines is 1. The average Bonchev–Trinajstić information content (AvgIpc) is 3.09. The number of aromatic nitrogens is 1. The van der Waals surface area contributed by atoms with Gasteiger partial charge in [-0.15, -0.1) is 0 Å². The first-order valence-electron chi connectivity index (χ1n) is 5.85. The van der Waals surface area contributed by atoms with Crippen molar-refractivity contribution in [3.05, 3.63) is 23.4 Å². The Labute approximate surface area is 101 Å². The van der Waals surface area contributed by atoms with E-state index in [1.165, 1.54) is 12.8 Å². The SMILES string of the molecule is Cc1ccc(C(N)=O)c(NCC(N)C2CC2)n1. The lowest BCUT2D eigenvalue weighted by Gasteiger charge is -2.14. The number of amides is 1. The molecule has 1 aromatic heterocycles. The molecule has 0 aromatic carbocycles. The van der Waals surface area contributed by atoms with Crippen molar-refractivity contribution < 1.29 is 4.79 Å². The quantitative estimate of drug-likeness (QED) is 0.696. The third-order valence-electron chi connectivity index (χ3n) is 3.03. The lowest BCUT2D eigenvalue weighted by atomic mass is 10.2. The van der Waals surface area contributed by atoms with Crippen LogP contribution in [0.4, 0.5) is 5.82 Å². The summed E-state index contributed by atoms with van der Waals surface area (Å²) in [6.45, 7) is 2.50. The standard InChI is InChI=1S/C12H18N4O/c1-7-2-5-9(11(14)17)12(16-7)15-6-10(13)8-3-4-8/h2,5,8,10H,3-4,6,13H2,1H3,(H2,14,17)(H,15,16). The van der Waals surface area contributed by atoms with Crippen LogP contribution >= 0.6 is 0 Å². The highest BCUT2D eigenvalue weighted by atomic mass is 16.1. The first-order valence-corrected chi connectivity index (χ1v) is 5.85. The fourth-order valence-corrected chi connectivity index (χ4v) is 1.80. The third-order valence-corrected chi connectivity index (χ3v) is 3.03. The van der Waals surface area contributed by atoms with Crippen LogP contribution in [-0.4, -0.2) is 23.5 Å². The number of carbonyl (C=O) groups is 1. The molecule has 5 heteroatoms. The number of hydrogen-bond donors (Lipinski definition) is 3. The molecule has 1 aliphatic carbocycles. The number of carbonyl (C=O) groups excluding carboxylic acids is 1. The van der Waals surface area contributed by atoms with E-state index in [4.69, 9.17) is 11.5 Å². The molecular weight excluding hydrogens is 216 g/mol. The predicted molar refractivity (Wildman–Crippen MR) is 66.7 cm³/mol. The van der Waals surface area contributed by atoms with Gasteiger partial charge in [0.05, 0.1) is 5.56 Å². The Morgan fingerprint density at radius 3 is 2.88 bits per heavy atom. The van der Waals surface area contributed by atoms with Crippen molar-refractivity contribution in [1.29, 1.82) is 0 Å². The Bertz CT molecular complexity index is 429. The number of pyridine rings is 1. The van der Waals surface area contributed by atoms with E-state index in [9.17, 15) is 4.79 Å². The minimum absolute atomic E-state index is 0.123. The maximum Gasteiger partial charge on any atom is 0.252 e. The molecule has 1 aliphatic rings. The molecule has 1 unspecified atom stereocenters. The number of aryl methyl sites for hydroxylation is 1. The molecule has 1 amide bonds. The van der Waals surface area contributed by atoms with E-state index in [-0.39, 0.29) is 6.04 Å². The van der Waals surface area contributed by atoms with Crippen molar-refractivity contribution in [2.75, 3.05) is 11.9 Å². The summed E-state index contributed by atoms with van der Waals surface area (Å²) in [7, 11) is 0. The summed E-state index contributed by atoms with van der Waals surface area (Å²) in [5.74, 6) is 0.679. The molecule has 1 saturated carbocycles. The normalized spacial score (nSPS) is 16.6. The van der Waals surface area contributed by atoms with Crippen molar-refractivity contribution in [2.24, 2.45) is 17.4 Å². The van der Waals surface area contributed by atoms with Crippen molar-refractivity contribution in [1.82, 2.24) is 4.98 Å². The molecule has 0 saturated heterocycles. The van der Waals surface area contributed by atoms with Gasteiger partial charge in [-0.2, -0.15) is 0 Å². The Morgan fingerprint density at radius 1 is 1.59 bits per heavy atom. The average molecular weight is 234 g/mol. The number of hydrogen-bond acceptors (Lipinski definition) is 4. The highest BCUT2D eigenvalue weighted by molar-refractivity contribution is 5.97. The van der Waals surface area contributed by atoms with Gasteiger partial charge < -0.3 is 16.8 Å². The molecule has 0 spiro atoms. The number of nitrogens with one attached hydrogen (secondary N) is 1. The van der Waals surface area contributed by atoms with Gasteiger partial charge in [-0.1, -0.05) is 0 Å². The number of nitrogens with zero attached hydrogens (tertiary/aromatic N) is 1. The van der Waals surface area contributed by atoms with Crippen molar-refractivity contribution in [3.8, 4) is 0 Å². The lowest BCUT2D eigenvalue weighted by Crippen LogP contribution is -2.32. The lowest BCUT2D eigenvalue weighted by molar-refractivity contribution is 0.100. The zero-order valence-electron chi connectivity index (χ0n) is 9.94. The zero-order valence-corrected chi connectivity index (χ0v) is 9.94. The predicted octanol–water partition coefficient (Wildman–Crippen LogP) is 0.638. The summed E-state index contributed by atoms with van der Waals surface area (Å²) < 4.78 is 0. The molecule has 1 heterocycles. The van der Waals surface area contributed by atoms with Crippen LogP contribution in [0.1, 0.15) is 28.9 Å². The molecule has 1 aromatic rings. The molecule has 2 rings (SSSR count). The number of rotatable bonds is 5. The summed E-state index contributed by atoms with van der Waals surface area (Å²) in [6, 6.07) is 3.58. The van der Waals surface area contributed by atoms with Crippen LogP contribution in [0.25, 0.3) is 0 Å². The summed E-state index contributed by atoms with van der Waals surface area (Å²) in [6.07, 6.45) is 2.40. The summed E-state index contributed by atoms with van der Waals surface area (Å²) in [5, 5.41) is 3.12. The second-order valence-corrected chi connectivity index (χ2v) is 4.60. The Hall–Kier alpha value is -1.62. The molecule has 0 bridgehead atoms. The van der Waals surface area contributed by atoms with Gasteiger partial charge in [0.1, 0.15) is 5.82 Å². The second-order valence-electron chi connectivity index (χ2n) is 4.60. The Balaban J connectivity index is 2.07. The molecule has 1 fully saturated rings. The van der Waals surface area contributed by atoms with E-state index in [0.29, 0.717) is 23.8 Å². The molecule has 5 nitrogen and oxygen atoms in total. The van der Waals surface area contributed by atoms with E-state index < -0.39 is 5.91 Å². The maximum atomic E-state index is 11.2. The monoisotopic (exact) mass is 234 g/mol. The molecular formula is C12H18N4O. The Morgan fingerprint density at radius 2 is 2.29 bits per heavy atom. The summed E-state index contributed by atoms with van der Waals surface area (Å²) >= 11 is 0. The molecule has 92 valence electrons. The zero-order chi connectivity index (χ0) is 12.4. The van der Waals surface area contributed by atoms with Gasteiger partial charge in [0, 0.05) is 18.3 Å². The van der Waals surface area contributed by atoms with Crippen LogP contribution in [0.3, 0.4) is 0 Å². The smallest absolute Gasteiger partial charge is 0.252 e. The van der Waals surface area contributed by atoms with E-state index >= 15 is 0 Å². The number of primary amides is 1. The second kappa shape index (κ2) is 4.71. The topological polar surface area (TPSA) is 94.0 Å². The largest absolute Gasteiger partial charge is 0.368 e. The van der Waals surface area contributed by atoms with Crippen LogP contribution in [-0.2, 0) is 0 Å². The fourth-order valence-electron chi connectivity index (χ4n) is 1.80. The van der Waals surface area contributed by atoms with Crippen LogP contribution in [0.5, 0.6) is 0 Å². The highest BCUT2D eigenvalue weighted by Gasteiger charge is 2.28. The Kier molecular flexibility index (Phi) is 3.28. The maximum absolute atomic E-state index is 11.2. The van der Waals surface area contributed by atoms with Gasteiger partial charge in [0.15, 0.2) is 0 Å². The molecule has 0 aliphatic heterocycles. The first kappa shape index (κ1) is 11.9. The molecule has 1 atom stereocenters. The van der Waals surface area contributed by atoms with Gasteiger partial charge in [0.25, 0.3) is 5.91 Å². The number of nitrogens with two attached hydrogens (primary N) is 2. The van der Waals surface area contributed by atoms with E-state index in [0.717, 1.165) is 5.69 Å². The van der Waals surface area contributed by atoms with Gasteiger partial charge >= 0.3 is 0 Å². The molecule has 0 radical (unpaired) electrons. The summed E-state index contributed by atoms with van der Waals surface area (Å²) in [4.78, 5) is 15.5. The van der Waals surface area contributed by atoms with Gasteiger partial charge in [-0.3, -0.25) is 4.79 Å². The van der Waals surface area contributed by atoms with E-state index in [2.05, 4.69) is 10.3 Å². The minimum atomic E-state index is -0.472.